The Morgan fingerprint density at radius 2 is 1.94 bits per heavy atom. The molecular weight excluding hydrogens is 225 g/mol. The van der Waals surface area contributed by atoms with Crippen molar-refractivity contribution in [3.05, 3.63) is 29.6 Å². The van der Waals surface area contributed by atoms with Crippen LogP contribution in [0, 0.1) is 5.82 Å². The van der Waals surface area contributed by atoms with Crippen molar-refractivity contribution in [3.8, 4) is 5.75 Å². The zero-order valence-electron chi connectivity index (χ0n) is 10.2. The lowest BCUT2D eigenvalue weighted by molar-refractivity contribution is -0.119. The van der Waals surface area contributed by atoms with E-state index in [1.807, 2.05) is 6.92 Å². The minimum absolute atomic E-state index is 0.0459. The monoisotopic (exact) mass is 243 g/mol. The van der Waals surface area contributed by atoms with Gasteiger partial charge in [0.05, 0.1) is 6.04 Å². The maximum Gasteiger partial charge on any atom is 0.171 e. The summed E-state index contributed by atoms with van der Waals surface area (Å²) in [4.78, 5) is 0. The molecule has 0 heterocycles. The third-order valence-electron chi connectivity index (χ3n) is 2.44. The van der Waals surface area contributed by atoms with Crippen LogP contribution < -0.4 is 5.32 Å². The molecule has 0 aliphatic rings. The largest absolute Gasteiger partial charge is 0.508 e. The van der Waals surface area contributed by atoms with Gasteiger partial charge in [-0.25, -0.2) is 4.39 Å². The van der Waals surface area contributed by atoms with Crippen LogP contribution >= 0.6 is 0 Å². The van der Waals surface area contributed by atoms with Crippen LogP contribution in [-0.4, -0.2) is 31.7 Å². The smallest absolute Gasteiger partial charge is 0.171 e. The molecule has 1 aromatic carbocycles. The molecular formula is C12H18FNO3. The lowest BCUT2D eigenvalue weighted by atomic mass is 10.2. The van der Waals surface area contributed by atoms with Gasteiger partial charge in [0.25, 0.3) is 0 Å². The van der Waals surface area contributed by atoms with Crippen molar-refractivity contribution in [2.24, 2.45) is 0 Å². The van der Waals surface area contributed by atoms with Gasteiger partial charge in [0.2, 0.25) is 0 Å². The van der Waals surface area contributed by atoms with E-state index in [9.17, 15) is 9.50 Å². The topological polar surface area (TPSA) is 50.7 Å². The van der Waals surface area contributed by atoms with Crippen molar-refractivity contribution in [2.45, 2.75) is 25.8 Å². The van der Waals surface area contributed by atoms with Gasteiger partial charge in [0, 0.05) is 26.8 Å². The molecule has 1 rings (SSSR count). The molecule has 17 heavy (non-hydrogen) atoms. The van der Waals surface area contributed by atoms with E-state index in [0.29, 0.717) is 12.1 Å². The van der Waals surface area contributed by atoms with Crippen LogP contribution in [0.2, 0.25) is 0 Å². The number of hydrogen-bond donors (Lipinski definition) is 2. The number of rotatable bonds is 6. The summed E-state index contributed by atoms with van der Waals surface area (Å²) >= 11 is 0. The second-order valence-corrected chi connectivity index (χ2v) is 3.83. The van der Waals surface area contributed by atoms with Gasteiger partial charge in [-0.1, -0.05) is 0 Å². The highest BCUT2D eigenvalue weighted by Gasteiger charge is 2.14. The van der Waals surface area contributed by atoms with E-state index in [2.05, 4.69) is 5.32 Å². The molecule has 0 bridgehead atoms. The van der Waals surface area contributed by atoms with Gasteiger partial charge >= 0.3 is 0 Å². The summed E-state index contributed by atoms with van der Waals surface area (Å²) in [6.07, 6.45) is -0.364. The van der Waals surface area contributed by atoms with Crippen LogP contribution in [-0.2, 0) is 16.0 Å². The van der Waals surface area contributed by atoms with Crippen LogP contribution in [0.1, 0.15) is 12.5 Å². The molecule has 0 amide bonds. The second kappa shape index (κ2) is 6.54. The summed E-state index contributed by atoms with van der Waals surface area (Å²) in [5.74, 6) is -0.533. The molecule has 0 spiro atoms. The lowest BCUT2D eigenvalue weighted by Crippen LogP contribution is -2.39. The van der Waals surface area contributed by atoms with E-state index >= 15 is 0 Å². The molecule has 2 N–H and O–H groups in total. The maximum atomic E-state index is 13.0. The van der Waals surface area contributed by atoms with E-state index < -0.39 is 5.82 Å². The molecule has 0 aliphatic carbocycles. The Hall–Kier alpha value is -1.17. The SMILES string of the molecule is COC(OC)C(C)NCc1cc(O)cc(F)c1. The average Bonchev–Trinajstić information content (AvgIpc) is 2.27. The fourth-order valence-electron chi connectivity index (χ4n) is 1.61. The minimum Gasteiger partial charge on any atom is -0.508 e. The van der Waals surface area contributed by atoms with Gasteiger partial charge in [-0.3, -0.25) is 0 Å². The van der Waals surface area contributed by atoms with E-state index in [4.69, 9.17) is 9.47 Å². The number of nitrogens with one attached hydrogen (secondary N) is 1. The molecule has 1 unspecified atom stereocenters. The second-order valence-electron chi connectivity index (χ2n) is 3.83. The van der Waals surface area contributed by atoms with Crippen LogP contribution in [0.3, 0.4) is 0 Å². The Bertz CT molecular complexity index is 335. The molecule has 0 fully saturated rings. The first-order valence-electron chi connectivity index (χ1n) is 5.34. The number of halogens is 1. The number of hydrogen-bond acceptors (Lipinski definition) is 4. The molecule has 0 saturated heterocycles. The first-order valence-corrected chi connectivity index (χ1v) is 5.34. The highest BCUT2D eigenvalue weighted by Crippen LogP contribution is 2.14. The van der Waals surface area contributed by atoms with Crippen LogP contribution in [0.4, 0.5) is 4.39 Å². The van der Waals surface area contributed by atoms with E-state index in [1.165, 1.54) is 12.1 Å². The first-order chi connectivity index (χ1) is 8.06. The first kappa shape index (κ1) is 13.9. The van der Waals surface area contributed by atoms with Gasteiger partial charge in [0.1, 0.15) is 11.6 Å². The lowest BCUT2D eigenvalue weighted by Gasteiger charge is -2.22. The number of ether oxygens (including phenoxy) is 2. The Morgan fingerprint density at radius 3 is 2.47 bits per heavy atom. The van der Waals surface area contributed by atoms with Gasteiger partial charge in [0.15, 0.2) is 6.29 Å². The predicted octanol–water partition coefficient (Wildman–Crippen LogP) is 1.63. The summed E-state index contributed by atoms with van der Waals surface area (Å²) in [5, 5.41) is 12.4. The van der Waals surface area contributed by atoms with E-state index in [1.54, 1.807) is 14.2 Å². The fraction of sp³-hybridized carbons (Fsp3) is 0.500. The zero-order valence-corrected chi connectivity index (χ0v) is 10.2. The Kier molecular flexibility index (Phi) is 5.34. The quantitative estimate of drug-likeness (QED) is 0.746. The molecule has 4 nitrogen and oxygen atoms in total. The van der Waals surface area contributed by atoms with Crippen molar-refractivity contribution in [2.75, 3.05) is 14.2 Å². The number of phenolic OH excluding ortho intramolecular Hbond substituents is 1. The Balaban J connectivity index is 2.55. The number of methoxy groups -OCH3 is 2. The fourth-order valence-corrected chi connectivity index (χ4v) is 1.61. The molecule has 96 valence electrons. The highest BCUT2D eigenvalue weighted by atomic mass is 19.1. The summed E-state index contributed by atoms with van der Waals surface area (Å²) in [5.41, 5.74) is 0.667. The molecule has 0 aromatic heterocycles. The standard InChI is InChI=1S/C12H18FNO3/c1-8(12(16-2)17-3)14-7-9-4-10(13)6-11(15)5-9/h4-6,8,12,14-15H,7H2,1-3H3. The van der Waals surface area contributed by atoms with Crippen LogP contribution in [0.5, 0.6) is 5.75 Å². The third kappa shape index (κ3) is 4.30. The number of aromatic hydroxyl groups is 1. The van der Waals surface area contributed by atoms with Crippen molar-refractivity contribution < 1.29 is 19.0 Å². The highest BCUT2D eigenvalue weighted by molar-refractivity contribution is 5.28. The van der Waals surface area contributed by atoms with Crippen molar-refractivity contribution >= 4 is 0 Å². The molecule has 1 aromatic rings. The molecule has 5 heteroatoms. The minimum atomic E-state index is -0.454. The van der Waals surface area contributed by atoms with Crippen LogP contribution in [0.15, 0.2) is 18.2 Å². The van der Waals surface area contributed by atoms with Crippen molar-refractivity contribution in [1.82, 2.24) is 5.32 Å². The van der Waals surface area contributed by atoms with Crippen LogP contribution in [0.25, 0.3) is 0 Å². The van der Waals surface area contributed by atoms with Crippen molar-refractivity contribution in [3.63, 3.8) is 0 Å². The summed E-state index contributed by atoms with van der Waals surface area (Å²) in [6.45, 7) is 2.33. The van der Waals surface area contributed by atoms with Crippen molar-refractivity contribution in [1.29, 1.82) is 0 Å². The van der Waals surface area contributed by atoms with Gasteiger partial charge in [-0.05, 0) is 24.6 Å². The normalized spacial score (nSPS) is 13.0. The van der Waals surface area contributed by atoms with Gasteiger partial charge < -0.3 is 19.9 Å². The molecule has 1 atom stereocenters. The van der Waals surface area contributed by atoms with E-state index in [0.717, 1.165) is 6.07 Å². The number of benzene rings is 1. The predicted molar refractivity (Wildman–Crippen MR) is 62.2 cm³/mol. The molecule has 0 saturated carbocycles. The Morgan fingerprint density at radius 1 is 1.29 bits per heavy atom. The summed E-state index contributed by atoms with van der Waals surface area (Å²) in [6, 6.07) is 3.90. The van der Waals surface area contributed by atoms with E-state index in [-0.39, 0.29) is 18.1 Å². The maximum absolute atomic E-state index is 13.0. The summed E-state index contributed by atoms with van der Waals surface area (Å²) in [7, 11) is 3.11. The average molecular weight is 243 g/mol. The van der Waals surface area contributed by atoms with Gasteiger partial charge in [-0.15, -0.1) is 0 Å². The Labute approximate surface area is 100 Å². The molecule has 0 aliphatic heterocycles. The summed E-state index contributed by atoms with van der Waals surface area (Å²) < 4.78 is 23.2. The van der Waals surface area contributed by atoms with Gasteiger partial charge in [-0.2, -0.15) is 0 Å². The zero-order chi connectivity index (χ0) is 12.8. The third-order valence-corrected chi connectivity index (χ3v) is 2.44. The number of phenols is 1. The molecule has 0 radical (unpaired) electrons.